The molecule has 2 nitrogen and oxygen atoms in total. The van der Waals surface area contributed by atoms with Crippen LogP contribution in [0.2, 0.25) is 5.02 Å². The molecule has 19 heavy (non-hydrogen) atoms. The van der Waals surface area contributed by atoms with Crippen molar-refractivity contribution in [3.8, 4) is 0 Å². The number of alkyl halides is 1. The fourth-order valence-electron chi connectivity index (χ4n) is 1.59. The second-order valence-electron chi connectivity index (χ2n) is 3.87. The van der Waals surface area contributed by atoms with Gasteiger partial charge in [0.05, 0.1) is 5.02 Å². The molecule has 2 aromatic carbocycles. The quantitative estimate of drug-likeness (QED) is 0.832. The molecular formula is C14H10Cl2FNO. The van der Waals surface area contributed by atoms with Crippen molar-refractivity contribution >= 4 is 34.8 Å². The van der Waals surface area contributed by atoms with E-state index in [0.717, 1.165) is 11.6 Å². The topological polar surface area (TPSA) is 29.1 Å². The van der Waals surface area contributed by atoms with E-state index in [9.17, 15) is 9.18 Å². The number of amides is 1. The van der Waals surface area contributed by atoms with Crippen molar-refractivity contribution in [1.29, 1.82) is 0 Å². The number of anilines is 1. The van der Waals surface area contributed by atoms with E-state index < -0.39 is 5.82 Å². The first-order valence-corrected chi connectivity index (χ1v) is 6.43. The summed E-state index contributed by atoms with van der Waals surface area (Å²) in [5, 5.41) is 2.64. The van der Waals surface area contributed by atoms with Crippen LogP contribution in [0, 0.1) is 5.82 Å². The third-order valence-electron chi connectivity index (χ3n) is 2.59. The minimum Gasteiger partial charge on any atom is -0.322 e. The molecule has 0 saturated carbocycles. The van der Waals surface area contributed by atoms with Crippen LogP contribution in [0.3, 0.4) is 0 Å². The molecular weight excluding hydrogens is 288 g/mol. The summed E-state index contributed by atoms with van der Waals surface area (Å²) < 4.78 is 13.0. The van der Waals surface area contributed by atoms with Gasteiger partial charge in [-0.15, -0.1) is 11.6 Å². The number of carbonyl (C=O) groups is 1. The summed E-state index contributed by atoms with van der Waals surface area (Å²) in [7, 11) is 0. The number of nitrogens with one attached hydrogen (secondary N) is 1. The lowest BCUT2D eigenvalue weighted by atomic mass is 10.1. The highest BCUT2D eigenvalue weighted by molar-refractivity contribution is 6.31. The van der Waals surface area contributed by atoms with E-state index in [4.69, 9.17) is 23.2 Å². The van der Waals surface area contributed by atoms with Crippen molar-refractivity contribution in [2.24, 2.45) is 0 Å². The Morgan fingerprint density at radius 3 is 2.63 bits per heavy atom. The largest absolute Gasteiger partial charge is 0.322 e. The van der Waals surface area contributed by atoms with Crippen LogP contribution in [-0.4, -0.2) is 5.91 Å². The number of halogens is 3. The Bertz CT molecular complexity index is 616. The molecule has 0 heterocycles. The molecule has 0 fully saturated rings. The van der Waals surface area contributed by atoms with Gasteiger partial charge in [-0.1, -0.05) is 29.8 Å². The highest BCUT2D eigenvalue weighted by Crippen LogP contribution is 2.20. The van der Waals surface area contributed by atoms with Gasteiger partial charge in [0.1, 0.15) is 5.82 Å². The van der Waals surface area contributed by atoms with Crippen LogP contribution >= 0.6 is 23.2 Å². The first kappa shape index (κ1) is 13.8. The van der Waals surface area contributed by atoms with Gasteiger partial charge in [-0.3, -0.25) is 4.79 Å². The van der Waals surface area contributed by atoms with Crippen LogP contribution in [0.25, 0.3) is 0 Å². The Hall–Kier alpha value is -1.58. The summed E-state index contributed by atoms with van der Waals surface area (Å²) in [5.41, 5.74) is 1.73. The van der Waals surface area contributed by atoms with Crippen LogP contribution in [-0.2, 0) is 5.88 Å². The molecule has 0 radical (unpaired) electrons. The predicted molar refractivity (Wildman–Crippen MR) is 75.4 cm³/mol. The van der Waals surface area contributed by atoms with Crippen LogP contribution in [0.15, 0.2) is 42.5 Å². The number of carbonyl (C=O) groups excluding carboxylic acids is 1. The number of para-hydroxylation sites is 1. The molecule has 5 heteroatoms. The fraction of sp³-hybridized carbons (Fsp3) is 0.0714. The number of benzene rings is 2. The molecule has 2 rings (SSSR count). The number of rotatable bonds is 3. The van der Waals surface area contributed by atoms with Crippen LogP contribution in [0.5, 0.6) is 0 Å². The van der Waals surface area contributed by atoms with Crippen molar-refractivity contribution in [3.63, 3.8) is 0 Å². The SMILES string of the molecule is O=C(Nc1ccccc1CCl)c1ccc(F)c(Cl)c1. The Morgan fingerprint density at radius 2 is 1.95 bits per heavy atom. The first-order valence-electron chi connectivity index (χ1n) is 5.52. The van der Waals surface area contributed by atoms with Crippen molar-refractivity contribution in [2.75, 3.05) is 5.32 Å². The monoisotopic (exact) mass is 297 g/mol. The smallest absolute Gasteiger partial charge is 0.255 e. The molecule has 1 N–H and O–H groups in total. The van der Waals surface area contributed by atoms with Gasteiger partial charge in [-0.25, -0.2) is 4.39 Å². The maximum Gasteiger partial charge on any atom is 0.255 e. The normalized spacial score (nSPS) is 10.3. The van der Waals surface area contributed by atoms with Crippen LogP contribution in [0.4, 0.5) is 10.1 Å². The lowest BCUT2D eigenvalue weighted by Gasteiger charge is -2.09. The second-order valence-corrected chi connectivity index (χ2v) is 4.55. The zero-order valence-corrected chi connectivity index (χ0v) is 11.3. The first-order chi connectivity index (χ1) is 9.11. The molecule has 0 atom stereocenters. The molecule has 0 aromatic heterocycles. The Morgan fingerprint density at radius 1 is 1.21 bits per heavy atom. The lowest BCUT2D eigenvalue weighted by Crippen LogP contribution is -2.13. The summed E-state index contributed by atoms with van der Waals surface area (Å²) in [6.07, 6.45) is 0. The predicted octanol–water partition coefficient (Wildman–Crippen LogP) is 4.47. The highest BCUT2D eigenvalue weighted by atomic mass is 35.5. The second kappa shape index (κ2) is 6.04. The maximum absolute atomic E-state index is 13.0. The van der Waals surface area contributed by atoms with Crippen molar-refractivity contribution < 1.29 is 9.18 Å². The van der Waals surface area contributed by atoms with E-state index in [1.54, 1.807) is 12.1 Å². The summed E-state index contributed by atoms with van der Waals surface area (Å²) in [4.78, 5) is 12.0. The molecule has 0 unspecified atom stereocenters. The fourth-order valence-corrected chi connectivity index (χ4v) is 2.00. The van der Waals surface area contributed by atoms with E-state index in [1.165, 1.54) is 12.1 Å². The van der Waals surface area contributed by atoms with Crippen LogP contribution < -0.4 is 5.32 Å². The van der Waals surface area contributed by atoms with E-state index >= 15 is 0 Å². The van der Waals surface area contributed by atoms with Gasteiger partial charge in [0, 0.05) is 17.1 Å². The van der Waals surface area contributed by atoms with Crippen molar-refractivity contribution in [1.82, 2.24) is 0 Å². The summed E-state index contributed by atoms with van der Waals surface area (Å²) in [6.45, 7) is 0. The Labute approximate surface area is 120 Å². The number of hydrogen-bond donors (Lipinski definition) is 1. The van der Waals surface area contributed by atoms with E-state index in [2.05, 4.69) is 5.32 Å². The molecule has 1 amide bonds. The summed E-state index contributed by atoms with van der Waals surface area (Å²) >= 11 is 11.4. The average molecular weight is 298 g/mol. The van der Waals surface area contributed by atoms with E-state index in [1.807, 2.05) is 12.1 Å². The molecule has 0 aliphatic heterocycles. The molecule has 0 saturated heterocycles. The Kier molecular flexibility index (Phi) is 4.40. The van der Waals surface area contributed by atoms with Gasteiger partial charge in [-0.2, -0.15) is 0 Å². The average Bonchev–Trinajstić information content (AvgIpc) is 2.42. The molecule has 2 aromatic rings. The summed E-state index contributed by atoms with van der Waals surface area (Å²) in [6, 6.07) is 11.0. The van der Waals surface area contributed by atoms with Gasteiger partial charge in [0.2, 0.25) is 0 Å². The molecule has 0 aliphatic carbocycles. The Balaban J connectivity index is 2.23. The van der Waals surface area contributed by atoms with Gasteiger partial charge < -0.3 is 5.32 Å². The highest BCUT2D eigenvalue weighted by Gasteiger charge is 2.10. The molecule has 0 spiro atoms. The van der Waals surface area contributed by atoms with Gasteiger partial charge in [0.15, 0.2) is 0 Å². The molecule has 0 aliphatic rings. The third-order valence-corrected chi connectivity index (χ3v) is 3.17. The molecule has 0 bridgehead atoms. The zero-order chi connectivity index (χ0) is 13.8. The maximum atomic E-state index is 13.0. The molecule has 98 valence electrons. The van der Waals surface area contributed by atoms with E-state index in [-0.39, 0.29) is 16.5 Å². The number of hydrogen-bond acceptors (Lipinski definition) is 1. The van der Waals surface area contributed by atoms with Gasteiger partial charge >= 0.3 is 0 Å². The lowest BCUT2D eigenvalue weighted by molar-refractivity contribution is 0.102. The van der Waals surface area contributed by atoms with Crippen molar-refractivity contribution in [3.05, 3.63) is 64.4 Å². The standard InChI is InChI=1S/C14H10Cl2FNO/c15-8-10-3-1-2-4-13(10)18-14(19)9-5-6-12(17)11(16)7-9/h1-7H,8H2,(H,18,19). The van der Waals surface area contributed by atoms with Gasteiger partial charge in [-0.05, 0) is 29.8 Å². The summed E-state index contributed by atoms with van der Waals surface area (Å²) in [5.74, 6) is -0.625. The third kappa shape index (κ3) is 3.25. The van der Waals surface area contributed by atoms with Gasteiger partial charge in [0.25, 0.3) is 5.91 Å². The zero-order valence-electron chi connectivity index (χ0n) is 9.79. The van der Waals surface area contributed by atoms with E-state index in [0.29, 0.717) is 11.6 Å². The van der Waals surface area contributed by atoms with Crippen molar-refractivity contribution in [2.45, 2.75) is 5.88 Å². The minimum atomic E-state index is -0.556. The minimum absolute atomic E-state index is 0.0849. The van der Waals surface area contributed by atoms with Crippen LogP contribution in [0.1, 0.15) is 15.9 Å².